The first kappa shape index (κ1) is 19.4. The minimum absolute atomic E-state index is 0.0390. The quantitative estimate of drug-likeness (QED) is 0.629. The van der Waals surface area contributed by atoms with Crippen molar-refractivity contribution >= 4 is 22.6 Å². The number of hydrogen-bond acceptors (Lipinski definition) is 4. The zero-order valence-electron chi connectivity index (χ0n) is 15.9. The van der Waals surface area contributed by atoms with Crippen LogP contribution in [0.3, 0.4) is 0 Å². The van der Waals surface area contributed by atoms with Gasteiger partial charge in [0.25, 0.3) is 5.91 Å². The van der Waals surface area contributed by atoms with E-state index in [4.69, 9.17) is 4.74 Å². The Kier molecular flexibility index (Phi) is 5.94. The zero-order valence-corrected chi connectivity index (χ0v) is 15.9. The fourth-order valence-corrected chi connectivity index (χ4v) is 3.08. The third kappa shape index (κ3) is 4.31. The van der Waals surface area contributed by atoms with E-state index >= 15 is 0 Å². The molecule has 0 fully saturated rings. The number of benzene rings is 3. The largest absolute Gasteiger partial charge is 0.506 e. The van der Waals surface area contributed by atoms with E-state index in [-0.39, 0.29) is 23.3 Å². The Bertz CT molecular complexity index is 995. The predicted octanol–water partition coefficient (Wildman–Crippen LogP) is 4.28. The van der Waals surface area contributed by atoms with Crippen molar-refractivity contribution in [1.29, 1.82) is 0 Å². The number of carbonyl (C=O) groups is 2. The number of ether oxygens (including phenoxy) is 1. The smallest absolute Gasteiger partial charge is 0.342 e. The number of carbonyl (C=O) groups excluding carboxylic acids is 2. The van der Waals surface area contributed by atoms with Gasteiger partial charge < -0.3 is 15.2 Å². The van der Waals surface area contributed by atoms with Crippen LogP contribution in [0.4, 0.5) is 0 Å². The van der Waals surface area contributed by atoms with Crippen LogP contribution < -0.4 is 5.32 Å². The average molecular weight is 377 g/mol. The molecule has 0 saturated heterocycles. The van der Waals surface area contributed by atoms with E-state index < -0.39 is 12.6 Å². The van der Waals surface area contributed by atoms with Gasteiger partial charge in [0.05, 0.1) is 6.04 Å². The van der Waals surface area contributed by atoms with E-state index in [9.17, 15) is 14.7 Å². The van der Waals surface area contributed by atoms with Crippen molar-refractivity contribution in [2.75, 3.05) is 6.61 Å². The SMILES string of the molecule is CC[C@H](NC(=O)COC(=O)c1ccc2ccccc2c1O)c1ccc(C)cc1. The second-order valence-electron chi connectivity index (χ2n) is 6.70. The highest BCUT2D eigenvalue weighted by Gasteiger charge is 2.18. The van der Waals surface area contributed by atoms with Crippen molar-refractivity contribution in [3.05, 3.63) is 77.4 Å². The highest BCUT2D eigenvalue weighted by molar-refractivity contribution is 6.01. The number of hydrogen-bond donors (Lipinski definition) is 2. The number of phenols is 1. The van der Waals surface area contributed by atoms with Crippen LogP contribution in [0.5, 0.6) is 5.75 Å². The van der Waals surface area contributed by atoms with Crippen molar-refractivity contribution < 1.29 is 19.4 Å². The summed E-state index contributed by atoms with van der Waals surface area (Å²) in [6.07, 6.45) is 0.716. The molecule has 3 aromatic carbocycles. The van der Waals surface area contributed by atoms with Gasteiger partial charge in [-0.2, -0.15) is 0 Å². The van der Waals surface area contributed by atoms with Gasteiger partial charge in [-0.1, -0.05) is 67.1 Å². The maximum absolute atomic E-state index is 12.3. The van der Waals surface area contributed by atoms with Crippen molar-refractivity contribution in [3.63, 3.8) is 0 Å². The Morgan fingerprint density at radius 2 is 1.75 bits per heavy atom. The van der Waals surface area contributed by atoms with Gasteiger partial charge in [0.15, 0.2) is 6.61 Å². The molecule has 0 aromatic heterocycles. The fourth-order valence-electron chi connectivity index (χ4n) is 3.08. The summed E-state index contributed by atoms with van der Waals surface area (Å²) in [5.41, 5.74) is 2.19. The van der Waals surface area contributed by atoms with Crippen LogP contribution in [0.2, 0.25) is 0 Å². The summed E-state index contributed by atoms with van der Waals surface area (Å²) in [6, 6.07) is 18.2. The van der Waals surface area contributed by atoms with Crippen molar-refractivity contribution in [1.82, 2.24) is 5.32 Å². The van der Waals surface area contributed by atoms with Gasteiger partial charge in [-0.3, -0.25) is 4.79 Å². The summed E-state index contributed by atoms with van der Waals surface area (Å²) in [5.74, 6) is -1.27. The Morgan fingerprint density at radius 3 is 2.46 bits per heavy atom. The molecule has 5 heteroatoms. The van der Waals surface area contributed by atoms with E-state index in [0.717, 1.165) is 16.5 Å². The van der Waals surface area contributed by atoms with Gasteiger partial charge in [-0.05, 0) is 30.4 Å². The standard InChI is InChI=1S/C23H23NO4/c1-3-20(17-10-8-15(2)9-11-17)24-21(25)14-28-23(27)19-13-12-16-6-4-5-7-18(16)22(19)26/h4-13,20,26H,3,14H2,1-2H3,(H,24,25)/t20-/m0/s1. The maximum Gasteiger partial charge on any atom is 0.342 e. The molecular formula is C23H23NO4. The monoisotopic (exact) mass is 377 g/mol. The molecule has 28 heavy (non-hydrogen) atoms. The van der Waals surface area contributed by atoms with E-state index in [2.05, 4.69) is 5.32 Å². The molecule has 1 atom stereocenters. The van der Waals surface area contributed by atoms with Gasteiger partial charge in [0, 0.05) is 5.39 Å². The molecule has 0 saturated carbocycles. The number of phenolic OH excluding ortho intramolecular Hbond substituents is 1. The van der Waals surface area contributed by atoms with Gasteiger partial charge in [0.2, 0.25) is 0 Å². The highest BCUT2D eigenvalue weighted by Crippen LogP contribution is 2.29. The third-order valence-corrected chi connectivity index (χ3v) is 4.68. The van der Waals surface area contributed by atoms with Crippen LogP contribution in [0, 0.1) is 6.92 Å². The Labute approximate surface area is 164 Å². The zero-order chi connectivity index (χ0) is 20.1. The molecular weight excluding hydrogens is 354 g/mol. The molecule has 0 bridgehead atoms. The van der Waals surface area contributed by atoms with E-state index in [1.807, 2.05) is 50.2 Å². The van der Waals surface area contributed by atoms with Crippen LogP contribution in [-0.4, -0.2) is 23.6 Å². The minimum atomic E-state index is -0.734. The Hall–Kier alpha value is -3.34. The molecule has 144 valence electrons. The minimum Gasteiger partial charge on any atom is -0.506 e. The number of aryl methyl sites for hydroxylation is 1. The Balaban J connectivity index is 1.63. The first-order valence-electron chi connectivity index (χ1n) is 9.23. The van der Waals surface area contributed by atoms with Crippen LogP contribution in [0.25, 0.3) is 10.8 Å². The topological polar surface area (TPSA) is 75.6 Å². The highest BCUT2D eigenvalue weighted by atomic mass is 16.5. The van der Waals surface area contributed by atoms with Crippen molar-refractivity contribution in [3.8, 4) is 5.75 Å². The lowest BCUT2D eigenvalue weighted by Crippen LogP contribution is -2.32. The molecule has 0 heterocycles. The molecule has 0 radical (unpaired) electrons. The Morgan fingerprint density at radius 1 is 1.04 bits per heavy atom. The van der Waals surface area contributed by atoms with Gasteiger partial charge in [0.1, 0.15) is 11.3 Å². The van der Waals surface area contributed by atoms with Crippen molar-refractivity contribution in [2.45, 2.75) is 26.3 Å². The molecule has 3 aromatic rings. The second-order valence-corrected chi connectivity index (χ2v) is 6.70. The molecule has 0 spiro atoms. The normalized spacial score (nSPS) is 11.8. The van der Waals surface area contributed by atoms with Crippen LogP contribution in [-0.2, 0) is 9.53 Å². The fraction of sp³-hybridized carbons (Fsp3) is 0.217. The van der Waals surface area contributed by atoms with Crippen LogP contribution in [0.15, 0.2) is 60.7 Å². The number of aromatic hydroxyl groups is 1. The first-order valence-corrected chi connectivity index (χ1v) is 9.23. The van der Waals surface area contributed by atoms with Gasteiger partial charge in [-0.25, -0.2) is 4.79 Å². The van der Waals surface area contributed by atoms with E-state index in [1.54, 1.807) is 18.2 Å². The maximum atomic E-state index is 12.3. The third-order valence-electron chi connectivity index (χ3n) is 4.68. The summed E-state index contributed by atoms with van der Waals surface area (Å²) in [4.78, 5) is 24.5. The van der Waals surface area contributed by atoms with Gasteiger partial charge >= 0.3 is 5.97 Å². The summed E-state index contributed by atoms with van der Waals surface area (Å²) in [7, 11) is 0. The number of nitrogens with one attached hydrogen (secondary N) is 1. The molecule has 3 rings (SSSR count). The summed E-state index contributed by atoms with van der Waals surface area (Å²) in [6.45, 7) is 3.57. The lowest BCUT2D eigenvalue weighted by Gasteiger charge is -2.18. The number of amides is 1. The average Bonchev–Trinajstić information content (AvgIpc) is 2.71. The first-order chi connectivity index (χ1) is 13.5. The van der Waals surface area contributed by atoms with E-state index in [1.165, 1.54) is 6.07 Å². The molecule has 0 aliphatic carbocycles. The lowest BCUT2D eigenvalue weighted by molar-refractivity contribution is -0.125. The molecule has 0 unspecified atom stereocenters. The molecule has 0 aliphatic rings. The van der Waals surface area contributed by atoms with Gasteiger partial charge in [-0.15, -0.1) is 0 Å². The predicted molar refractivity (Wildman–Crippen MR) is 108 cm³/mol. The molecule has 2 N–H and O–H groups in total. The molecule has 5 nitrogen and oxygen atoms in total. The van der Waals surface area contributed by atoms with E-state index in [0.29, 0.717) is 11.8 Å². The number of fused-ring (bicyclic) bond motifs is 1. The number of esters is 1. The summed E-state index contributed by atoms with van der Waals surface area (Å²) >= 11 is 0. The van der Waals surface area contributed by atoms with Crippen LogP contribution >= 0.6 is 0 Å². The van der Waals surface area contributed by atoms with Crippen LogP contribution in [0.1, 0.15) is 40.9 Å². The number of rotatable bonds is 6. The summed E-state index contributed by atoms with van der Waals surface area (Å²) < 4.78 is 5.11. The van der Waals surface area contributed by atoms with Crippen molar-refractivity contribution in [2.24, 2.45) is 0 Å². The lowest BCUT2D eigenvalue weighted by atomic mass is 10.0. The molecule has 1 amide bonds. The molecule has 0 aliphatic heterocycles. The summed E-state index contributed by atoms with van der Waals surface area (Å²) in [5, 5.41) is 14.6. The second kappa shape index (κ2) is 8.57.